The van der Waals surface area contributed by atoms with Crippen molar-refractivity contribution >= 4 is 11.9 Å². The van der Waals surface area contributed by atoms with Crippen molar-refractivity contribution in [3.63, 3.8) is 0 Å². The van der Waals surface area contributed by atoms with Crippen molar-refractivity contribution < 1.29 is 0 Å². The van der Waals surface area contributed by atoms with E-state index in [9.17, 15) is 0 Å². The molecule has 0 spiro atoms. The van der Waals surface area contributed by atoms with E-state index < -0.39 is 0 Å². The normalized spacial score (nSPS) is 11.8. The minimum absolute atomic E-state index is 0.678. The predicted octanol–water partition coefficient (Wildman–Crippen LogP) is 5.83. The van der Waals surface area contributed by atoms with Crippen molar-refractivity contribution in [2.75, 3.05) is 0 Å². The molecule has 0 N–H and O–H groups in total. The van der Waals surface area contributed by atoms with E-state index in [-0.39, 0.29) is 0 Å². The van der Waals surface area contributed by atoms with Gasteiger partial charge in [-0.15, -0.1) is 0 Å². The van der Waals surface area contributed by atoms with Gasteiger partial charge in [0.2, 0.25) is 0 Å². The first kappa shape index (κ1) is 15.2. The van der Waals surface area contributed by atoms with Crippen LogP contribution in [0.15, 0.2) is 65.7 Å². The number of hydrogen-bond donors (Lipinski definition) is 0. The van der Waals surface area contributed by atoms with Crippen LogP contribution in [0.4, 0.5) is 5.69 Å². The van der Waals surface area contributed by atoms with Gasteiger partial charge in [-0.2, -0.15) is 0 Å². The Hall–Kier alpha value is -2.15. The highest BCUT2D eigenvalue weighted by Crippen LogP contribution is 2.25. The Balaban J connectivity index is 2.27. The van der Waals surface area contributed by atoms with E-state index in [1.807, 2.05) is 31.4 Å². The van der Waals surface area contributed by atoms with Gasteiger partial charge < -0.3 is 0 Å². The highest BCUT2D eigenvalue weighted by atomic mass is 14.7. The highest BCUT2D eigenvalue weighted by molar-refractivity contribution is 5.76. The maximum atomic E-state index is 4.44. The summed E-state index contributed by atoms with van der Waals surface area (Å²) in [6, 6.07) is 17.2. The van der Waals surface area contributed by atoms with E-state index in [0.29, 0.717) is 5.92 Å². The van der Waals surface area contributed by atoms with Crippen LogP contribution < -0.4 is 0 Å². The summed E-state index contributed by atoms with van der Waals surface area (Å²) in [5.41, 5.74) is 4.86. The van der Waals surface area contributed by atoms with E-state index in [0.717, 1.165) is 12.1 Å². The van der Waals surface area contributed by atoms with Crippen molar-refractivity contribution in [3.8, 4) is 11.1 Å². The van der Waals surface area contributed by atoms with Crippen LogP contribution in [0.3, 0.4) is 0 Å². The van der Waals surface area contributed by atoms with E-state index in [2.05, 4.69) is 61.3 Å². The smallest absolute Gasteiger partial charge is 0.0635 e. The van der Waals surface area contributed by atoms with Crippen LogP contribution in [0.5, 0.6) is 0 Å². The van der Waals surface area contributed by atoms with Gasteiger partial charge in [-0.3, -0.25) is 4.99 Å². The molecule has 2 aromatic carbocycles. The second-order valence-electron chi connectivity index (χ2n) is 5.65. The monoisotopic (exact) mass is 277 g/mol. The Labute approximate surface area is 128 Å². The van der Waals surface area contributed by atoms with Gasteiger partial charge in [-0.1, -0.05) is 56.3 Å². The van der Waals surface area contributed by atoms with E-state index in [1.165, 1.54) is 16.7 Å². The lowest BCUT2D eigenvalue weighted by Gasteiger charge is -2.08. The molecule has 108 valence electrons. The maximum Gasteiger partial charge on any atom is 0.0635 e. The standard InChI is InChI=1S/C20H23N/c1-4-5-12-21-20-11-7-10-19(15-20)18-9-6-8-17(14-18)13-16(2)3/h4-12,14-16H,13H2,1-3H3/b5-4-,21-12?. The SMILES string of the molecule is C/C=C\C=Nc1cccc(-c2cccc(CC(C)C)c2)c1. The molecule has 0 aliphatic rings. The van der Waals surface area contributed by atoms with Crippen molar-refractivity contribution in [2.45, 2.75) is 27.2 Å². The zero-order valence-corrected chi connectivity index (χ0v) is 13.1. The highest BCUT2D eigenvalue weighted by Gasteiger charge is 2.02. The lowest BCUT2D eigenvalue weighted by Crippen LogP contribution is -1.93. The van der Waals surface area contributed by atoms with Crippen LogP contribution in [-0.2, 0) is 6.42 Å². The molecule has 0 heterocycles. The second kappa shape index (κ2) is 7.58. The van der Waals surface area contributed by atoms with Crippen LogP contribution >= 0.6 is 0 Å². The van der Waals surface area contributed by atoms with Crippen molar-refractivity contribution in [1.82, 2.24) is 0 Å². The minimum Gasteiger partial charge on any atom is -0.257 e. The summed E-state index contributed by atoms with van der Waals surface area (Å²) in [4.78, 5) is 4.44. The summed E-state index contributed by atoms with van der Waals surface area (Å²) in [7, 11) is 0. The predicted molar refractivity (Wildman–Crippen MR) is 93.4 cm³/mol. The summed E-state index contributed by atoms with van der Waals surface area (Å²) in [5.74, 6) is 0.678. The van der Waals surface area contributed by atoms with Crippen LogP contribution in [-0.4, -0.2) is 6.21 Å². The zero-order chi connectivity index (χ0) is 15.1. The van der Waals surface area contributed by atoms with Gasteiger partial charge in [0.25, 0.3) is 0 Å². The third kappa shape index (κ3) is 4.71. The second-order valence-corrected chi connectivity index (χ2v) is 5.65. The van der Waals surface area contributed by atoms with Gasteiger partial charge in [0.15, 0.2) is 0 Å². The number of rotatable bonds is 5. The van der Waals surface area contributed by atoms with E-state index in [1.54, 1.807) is 0 Å². The first-order valence-electron chi connectivity index (χ1n) is 7.54. The molecule has 0 bridgehead atoms. The Morgan fingerprint density at radius 1 is 1.00 bits per heavy atom. The Kier molecular flexibility index (Phi) is 5.51. The van der Waals surface area contributed by atoms with Crippen molar-refractivity contribution in [3.05, 3.63) is 66.2 Å². The van der Waals surface area contributed by atoms with Crippen LogP contribution in [0, 0.1) is 5.92 Å². The average molecular weight is 277 g/mol. The molecule has 1 heteroatoms. The summed E-state index contributed by atoms with van der Waals surface area (Å²) >= 11 is 0. The number of aliphatic imine (C=N–C) groups is 1. The first-order chi connectivity index (χ1) is 10.2. The molecule has 1 nitrogen and oxygen atoms in total. The van der Waals surface area contributed by atoms with Gasteiger partial charge in [-0.25, -0.2) is 0 Å². The lowest BCUT2D eigenvalue weighted by molar-refractivity contribution is 0.647. The lowest BCUT2D eigenvalue weighted by atomic mass is 9.98. The van der Waals surface area contributed by atoms with Crippen LogP contribution in [0.25, 0.3) is 11.1 Å². The number of hydrogen-bond acceptors (Lipinski definition) is 1. The molecule has 0 aromatic heterocycles. The fourth-order valence-electron chi connectivity index (χ4n) is 2.33. The van der Waals surface area contributed by atoms with Gasteiger partial charge in [0.1, 0.15) is 0 Å². The van der Waals surface area contributed by atoms with Gasteiger partial charge >= 0.3 is 0 Å². The fourth-order valence-corrected chi connectivity index (χ4v) is 2.33. The molecule has 0 saturated heterocycles. The minimum atomic E-state index is 0.678. The van der Waals surface area contributed by atoms with Gasteiger partial charge in [0, 0.05) is 6.21 Å². The number of nitrogens with zero attached hydrogens (tertiary/aromatic N) is 1. The molecule has 21 heavy (non-hydrogen) atoms. The Morgan fingerprint density at radius 2 is 1.71 bits per heavy atom. The average Bonchev–Trinajstić information content (AvgIpc) is 2.47. The summed E-state index contributed by atoms with van der Waals surface area (Å²) in [5, 5.41) is 0. The topological polar surface area (TPSA) is 12.4 Å². The molecule has 0 aliphatic carbocycles. The van der Waals surface area contributed by atoms with Gasteiger partial charge in [-0.05, 0) is 54.2 Å². The molecule has 0 amide bonds. The maximum absolute atomic E-state index is 4.44. The molecule has 0 radical (unpaired) electrons. The van der Waals surface area contributed by atoms with E-state index >= 15 is 0 Å². The van der Waals surface area contributed by atoms with Crippen LogP contribution in [0.2, 0.25) is 0 Å². The number of allylic oxidation sites excluding steroid dienone is 2. The molecule has 0 saturated carbocycles. The first-order valence-corrected chi connectivity index (χ1v) is 7.54. The summed E-state index contributed by atoms with van der Waals surface area (Å²) in [6.07, 6.45) is 6.86. The molecule has 0 fully saturated rings. The van der Waals surface area contributed by atoms with E-state index in [4.69, 9.17) is 0 Å². The van der Waals surface area contributed by atoms with Crippen molar-refractivity contribution in [2.24, 2.45) is 10.9 Å². The third-order valence-corrected chi connectivity index (χ3v) is 3.25. The molecular formula is C20H23N. The molecule has 0 unspecified atom stereocenters. The fraction of sp³-hybridized carbons (Fsp3) is 0.250. The van der Waals surface area contributed by atoms with Crippen molar-refractivity contribution in [1.29, 1.82) is 0 Å². The van der Waals surface area contributed by atoms with Crippen LogP contribution in [0.1, 0.15) is 26.3 Å². The Bertz CT molecular complexity index is 636. The Morgan fingerprint density at radius 3 is 2.43 bits per heavy atom. The molecule has 2 aromatic rings. The summed E-state index contributed by atoms with van der Waals surface area (Å²) in [6.45, 7) is 6.50. The molecule has 0 atom stereocenters. The number of benzene rings is 2. The molecular weight excluding hydrogens is 254 g/mol. The largest absolute Gasteiger partial charge is 0.257 e. The third-order valence-electron chi connectivity index (χ3n) is 3.25. The summed E-state index contributed by atoms with van der Waals surface area (Å²) < 4.78 is 0. The van der Waals surface area contributed by atoms with Gasteiger partial charge in [0.05, 0.1) is 5.69 Å². The molecule has 2 rings (SSSR count). The zero-order valence-electron chi connectivity index (χ0n) is 13.1. The quantitative estimate of drug-likeness (QED) is 0.610. The molecule has 0 aliphatic heterocycles.